The van der Waals surface area contributed by atoms with Gasteiger partial charge >= 0.3 is 0 Å². The largest absolute Gasteiger partial charge is 0.495 e. The Morgan fingerprint density at radius 2 is 2.20 bits per heavy atom. The molecule has 0 saturated carbocycles. The highest BCUT2D eigenvalue weighted by molar-refractivity contribution is 5.21. The minimum absolute atomic E-state index is 0.0406. The van der Waals surface area contributed by atoms with E-state index in [2.05, 4.69) is 10.6 Å². The van der Waals surface area contributed by atoms with E-state index < -0.39 is 6.35 Å². The van der Waals surface area contributed by atoms with Crippen LogP contribution in [0.25, 0.3) is 0 Å². The lowest BCUT2D eigenvalue weighted by molar-refractivity contribution is 0.0197. The zero-order valence-corrected chi connectivity index (χ0v) is 11.9. The predicted molar refractivity (Wildman–Crippen MR) is 74.8 cm³/mol. The van der Waals surface area contributed by atoms with Crippen LogP contribution < -0.4 is 16.4 Å². The van der Waals surface area contributed by atoms with Gasteiger partial charge in [-0.3, -0.25) is 5.32 Å². The Balaban J connectivity index is 1.78. The molecule has 4 N–H and O–H groups in total. The molecule has 0 amide bonds. The first-order chi connectivity index (χ1) is 9.54. The molecule has 0 aromatic rings. The molecule has 112 valence electrons. The summed E-state index contributed by atoms with van der Waals surface area (Å²) in [7, 11) is 0. The lowest BCUT2D eigenvalue weighted by Gasteiger charge is -2.26. The Hall–Kier alpha value is -1.53. The summed E-state index contributed by atoms with van der Waals surface area (Å²) < 4.78 is 24.3. The molecular weight excluding hydrogens is 261 g/mol. The van der Waals surface area contributed by atoms with E-state index in [0.717, 1.165) is 18.6 Å². The molecule has 5 nitrogen and oxygen atoms in total. The summed E-state index contributed by atoms with van der Waals surface area (Å²) in [6.45, 7) is 4.60. The van der Waals surface area contributed by atoms with Crippen LogP contribution in [0.5, 0.6) is 0 Å². The molecule has 0 unspecified atom stereocenters. The summed E-state index contributed by atoms with van der Waals surface area (Å²) in [5.74, 6) is 0.658. The van der Waals surface area contributed by atoms with Crippen molar-refractivity contribution in [3.8, 4) is 0 Å². The van der Waals surface area contributed by atoms with Crippen LogP contribution in [0.3, 0.4) is 0 Å². The number of allylic oxidation sites excluding steroid dienone is 3. The van der Waals surface area contributed by atoms with E-state index in [0.29, 0.717) is 6.61 Å². The van der Waals surface area contributed by atoms with E-state index in [1.807, 2.05) is 26.0 Å². The monoisotopic (exact) mass is 283 g/mol. The average molecular weight is 283 g/mol. The molecular formula is C14H22FN3O2. The third kappa shape index (κ3) is 4.25. The van der Waals surface area contributed by atoms with Crippen LogP contribution in [0.1, 0.15) is 26.7 Å². The maximum Gasteiger partial charge on any atom is 0.186 e. The highest BCUT2D eigenvalue weighted by atomic mass is 19.1. The van der Waals surface area contributed by atoms with Gasteiger partial charge in [0.2, 0.25) is 0 Å². The van der Waals surface area contributed by atoms with Crippen LogP contribution >= 0.6 is 0 Å². The van der Waals surface area contributed by atoms with Gasteiger partial charge in [-0.1, -0.05) is 6.08 Å². The molecule has 0 fully saturated rings. The number of nitrogens with two attached hydrogens (primary N) is 1. The molecule has 1 heterocycles. The van der Waals surface area contributed by atoms with Crippen molar-refractivity contribution in [1.29, 1.82) is 0 Å². The Morgan fingerprint density at radius 1 is 1.40 bits per heavy atom. The number of hydrogen-bond donors (Lipinski definition) is 3. The lowest BCUT2D eigenvalue weighted by atomic mass is 10.0. The fraction of sp³-hybridized carbons (Fsp3) is 0.571. The first-order valence-electron chi connectivity index (χ1n) is 6.85. The molecule has 2 aliphatic rings. The highest BCUT2D eigenvalue weighted by Crippen LogP contribution is 2.20. The topological polar surface area (TPSA) is 68.5 Å². The summed E-state index contributed by atoms with van der Waals surface area (Å²) in [6.07, 6.45) is 5.54. The second-order valence-corrected chi connectivity index (χ2v) is 5.16. The van der Waals surface area contributed by atoms with E-state index in [-0.39, 0.29) is 24.3 Å². The van der Waals surface area contributed by atoms with Crippen LogP contribution in [-0.2, 0) is 9.47 Å². The standard InChI is InChI=1S/C14H22FN3O2/c1-9(2)20-11-5-3-10(4-6-11)8-19-14-17-7-12(15)13(16)18-14/h3,5,9,14,17-18H,4,6-8,16H2,1-2H3/t14-/m1/s1. The Kier molecular flexibility index (Phi) is 5.03. The molecule has 1 aliphatic heterocycles. The summed E-state index contributed by atoms with van der Waals surface area (Å²) in [5.41, 5.74) is 6.65. The summed E-state index contributed by atoms with van der Waals surface area (Å²) >= 11 is 0. The van der Waals surface area contributed by atoms with Crippen molar-refractivity contribution in [3.63, 3.8) is 0 Å². The molecule has 0 radical (unpaired) electrons. The maximum atomic E-state index is 13.0. The number of rotatable bonds is 5. The van der Waals surface area contributed by atoms with Gasteiger partial charge < -0.3 is 20.5 Å². The summed E-state index contributed by atoms with van der Waals surface area (Å²) in [5, 5.41) is 5.58. The molecule has 1 aliphatic carbocycles. The normalized spacial score (nSPS) is 23.3. The average Bonchev–Trinajstić information content (AvgIpc) is 2.41. The molecule has 20 heavy (non-hydrogen) atoms. The van der Waals surface area contributed by atoms with Gasteiger partial charge in [-0.05, 0) is 31.9 Å². The predicted octanol–water partition coefficient (Wildman–Crippen LogP) is 1.61. The van der Waals surface area contributed by atoms with E-state index >= 15 is 0 Å². The molecule has 0 aromatic heterocycles. The summed E-state index contributed by atoms with van der Waals surface area (Å²) in [6, 6.07) is 0. The van der Waals surface area contributed by atoms with Crippen molar-refractivity contribution >= 4 is 0 Å². The fourth-order valence-electron chi connectivity index (χ4n) is 2.02. The van der Waals surface area contributed by atoms with Crippen LogP contribution in [0.4, 0.5) is 4.39 Å². The van der Waals surface area contributed by atoms with Crippen molar-refractivity contribution in [1.82, 2.24) is 10.6 Å². The number of hydrogen-bond acceptors (Lipinski definition) is 5. The zero-order chi connectivity index (χ0) is 14.5. The van der Waals surface area contributed by atoms with Crippen LogP contribution in [0.2, 0.25) is 0 Å². The number of nitrogens with one attached hydrogen (secondary N) is 2. The first kappa shape index (κ1) is 14.9. The SMILES string of the molecule is CC(C)OC1=CC=C(CO[C@@H]2NCC(F)=C(N)N2)CC1. The molecule has 0 spiro atoms. The molecule has 2 rings (SSSR count). The third-order valence-corrected chi connectivity index (χ3v) is 3.04. The van der Waals surface area contributed by atoms with Gasteiger partial charge in [0.1, 0.15) is 5.82 Å². The minimum atomic E-state index is -0.451. The number of ether oxygens (including phenoxy) is 2. The van der Waals surface area contributed by atoms with E-state index in [1.54, 1.807) is 0 Å². The van der Waals surface area contributed by atoms with E-state index in [4.69, 9.17) is 15.2 Å². The first-order valence-corrected chi connectivity index (χ1v) is 6.85. The van der Waals surface area contributed by atoms with Gasteiger partial charge in [-0.25, -0.2) is 4.39 Å². The fourth-order valence-corrected chi connectivity index (χ4v) is 2.02. The number of halogens is 1. The minimum Gasteiger partial charge on any atom is -0.495 e. The molecule has 0 aromatic carbocycles. The molecule has 0 bridgehead atoms. The van der Waals surface area contributed by atoms with Gasteiger partial charge in [0.25, 0.3) is 0 Å². The zero-order valence-electron chi connectivity index (χ0n) is 11.9. The van der Waals surface area contributed by atoms with Crippen LogP contribution in [0, 0.1) is 0 Å². The van der Waals surface area contributed by atoms with Gasteiger partial charge in [0.15, 0.2) is 12.2 Å². The van der Waals surface area contributed by atoms with Crippen molar-refractivity contribution in [2.45, 2.75) is 39.1 Å². The Morgan fingerprint density at radius 3 is 2.80 bits per heavy atom. The van der Waals surface area contributed by atoms with Crippen molar-refractivity contribution in [3.05, 3.63) is 35.1 Å². The van der Waals surface area contributed by atoms with Gasteiger partial charge in [0.05, 0.1) is 25.0 Å². The van der Waals surface area contributed by atoms with Crippen LogP contribution in [-0.4, -0.2) is 25.6 Å². The quantitative estimate of drug-likeness (QED) is 0.715. The van der Waals surface area contributed by atoms with Gasteiger partial charge in [-0.15, -0.1) is 0 Å². The third-order valence-electron chi connectivity index (χ3n) is 3.04. The van der Waals surface area contributed by atoms with E-state index in [9.17, 15) is 4.39 Å². The van der Waals surface area contributed by atoms with Gasteiger partial charge in [-0.2, -0.15) is 0 Å². The molecule has 0 saturated heterocycles. The maximum absolute atomic E-state index is 13.0. The van der Waals surface area contributed by atoms with Crippen molar-refractivity contribution < 1.29 is 13.9 Å². The lowest BCUT2D eigenvalue weighted by Crippen LogP contribution is -2.50. The molecule has 1 atom stereocenters. The van der Waals surface area contributed by atoms with Crippen LogP contribution in [0.15, 0.2) is 35.1 Å². The smallest absolute Gasteiger partial charge is 0.186 e. The second-order valence-electron chi connectivity index (χ2n) is 5.16. The Labute approximate surface area is 118 Å². The van der Waals surface area contributed by atoms with Gasteiger partial charge in [0, 0.05) is 6.42 Å². The van der Waals surface area contributed by atoms with Crippen molar-refractivity contribution in [2.75, 3.05) is 13.2 Å². The van der Waals surface area contributed by atoms with E-state index in [1.165, 1.54) is 5.57 Å². The Bertz CT molecular complexity index is 444. The second kappa shape index (κ2) is 6.76. The molecule has 6 heteroatoms. The van der Waals surface area contributed by atoms with Crippen molar-refractivity contribution in [2.24, 2.45) is 5.73 Å². The summed E-state index contributed by atoms with van der Waals surface area (Å²) in [4.78, 5) is 0. The highest BCUT2D eigenvalue weighted by Gasteiger charge is 2.18.